The fourth-order valence-corrected chi connectivity index (χ4v) is 2.25. The number of hydrogen-bond acceptors (Lipinski definition) is 4. The van der Waals surface area contributed by atoms with Crippen molar-refractivity contribution < 1.29 is 10.0 Å². The van der Waals surface area contributed by atoms with Crippen LogP contribution < -0.4 is 5.32 Å². The minimum absolute atomic E-state index is 0.000501. The Kier molecular flexibility index (Phi) is 5.17. The molecule has 1 unspecified atom stereocenters. The van der Waals surface area contributed by atoms with Crippen LogP contribution in [0.3, 0.4) is 0 Å². The van der Waals surface area contributed by atoms with Gasteiger partial charge in [0, 0.05) is 28.8 Å². The van der Waals surface area contributed by atoms with Crippen LogP contribution in [0.2, 0.25) is 5.02 Å². The number of non-ortho nitro benzene ring substituents is 1. The molecule has 5 nitrogen and oxygen atoms in total. The first-order valence-corrected chi connectivity index (χ1v) is 7.26. The number of aliphatic hydroxyl groups is 1. The predicted molar refractivity (Wildman–Crippen MR) is 85.7 cm³/mol. The second-order valence-electron chi connectivity index (χ2n) is 4.37. The Morgan fingerprint density at radius 3 is 2.52 bits per heavy atom. The largest absolute Gasteiger partial charge is 0.387 e. The van der Waals surface area contributed by atoms with E-state index in [1.807, 2.05) is 6.07 Å². The Hall–Kier alpha value is -1.63. The maximum Gasteiger partial charge on any atom is 0.269 e. The predicted octanol–water partition coefficient (Wildman–Crippen LogP) is 4.16. The number of hydrogen-bond donors (Lipinski definition) is 2. The second kappa shape index (κ2) is 6.89. The molecule has 0 aliphatic rings. The lowest BCUT2D eigenvalue weighted by Crippen LogP contribution is -2.12. The first-order chi connectivity index (χ1) is 9.97. The second-order valence-corrected chi connectivity index (χ2v) is 5.64. The van der Waals surface area contributed by atoms with E-state index in [2.05, 4.69) is 21.2 Å². The Bertz CT molecular complexity index is 649. The summed E-state index contributed by atoms with van der Waals surface area (Å²) in [7, 11) is 0. The van der Waals surface area contributed by atoms with Crippen LogP contribution in [0.4, 0.5) is 11.4 Å². The van der Waals surface area contributed by atoms with Crippen LogP contribution in [-0.2, 0) is 0 Å². The van der Waals surface area contributed by atoms with Crippen LogP contribution in [0.25, 0.3) is 0 Å². The van der Waals surface area contributed by atoms with Gasteiger partial charge in [-0.25, -0.2) is 0 Å². The van der Waals surface area contributed by atoms with Gasteiger partial charge in [0.15, 0.2) is 0 Å². The van der Waals surface area contributed by atoms with E-state index >= 15 is 0 Å². The third-order valence-corrected chi connectivity index (χ3v) is 4.12. The lowest BCUT2D eigenvalue weighted by molar-refractivity contribution is -0.384. The van der Waals surface area contributed by atoms with Crippen LogP contribution >= 0.6 is 27.5 Å². The van der Waals surface area contributed by atoms with Gasteiger partial charge in [-0.1, -0.05) is 11.6 Å². The van der Waals surface area contributed by atoms with E-state index in [0.717, 1.165) is 10.2 Å². The number of nitro groups is 1. The van der Waals surface area contributed by atoms with Gasteiger partial charge in [-0.05, 0) is 51.8 Å². The van der Waals surface area contributed by atoms with Gasteiger partial charge in [-0.3, -0.25) is 10.1 Å². The maximum atomic E-state index is 10.6. The standard InChI is InChI=1S/C14H12BrClN2O3/c15-12-7-10(3-6-13(12)16)17-8-14(19)9-1-4-11(5-2-9)18(20)21/h1-7,14,17,19H,8H2. The molecular weight excluding hydrogens is 360 g/mol. The van der Waals surface area contributed by atoms with Crippen molar-refractivity contribution in [3.8, 4) is 0 Å². The summed E-state index contributed by atoms with van der Waals surface area (Å²) in [6.45, 7) is 0.284. The van der Waals surface area contributed by atoms with E-state index < -0.39 is 11.0 Å². The summed E-state index contributed by atoms with van der Waals surface area (Å²) >= 11 is 9.22. The van der Waals surface area contributed by atoms with Crippen LogP contribution in [0.15, 0.2) is 46.9 Å². The fraction of sp³-hybridized carbons (Fsp3) is 0.143. The van der Waals surface area contributed by atoms with Crippen molar-refractivity contribution in [2.45, 2.75) is 6.10 Å². The van der Waals surface area contributed by atoms with Gasteiger partial charge in [-0.15, -0.1) is 0 Å². The van der Waals surface area contributed by atoms with Crippen LogP contribution in [-0.4, -0.2) is 16.6 Å². The number of nitrogens with one attached hydrogen (secondary N) is 1. The molecule has 2 rings (SSSR count). The van der Waals surface area contributed by atoms with E-state index in [1.54, 1.807) is 24.3 Å². The van der Waals surface area contributed by atoms with Crippen molar-refractivity contribution in [1.82, 2.24) is 0 Å². The Morgan fingerprint density at radius 2 is 1.95 bits per heavy atom. The fourth-order valence-electron chi connectivity index (χ4n) is 1.76. The molecule has 21 heavy (non-hydrogen) atoms. The molecule has 0 heterocycles. The lowest BCUT2D eigenvalue weighted by Gasteiger charge is -2.13. The summed E-state index contributed by atoms with van der Waals surface area (Å²) in [4.78, 5) is 10.1. The summed E-state index contributed by atoms with van der Waals surface area (Å²) in [5, 5.41) is 24.3. The van der Waals surface area contributed by atoms with Gasteiger partial charge in [0.2, 0.25) is 0 Å². The van der Waals surface area contributed by atoms with Gasteiger partial charge < -0.3 is 10.4 Å². The third-order valence-electron chi connectivity index (χ3n) is 2.91. The van der Waals surface area contributed by atoms with Gasteiger partial charge in [0.1, 0.15) is 0 Å². The molecule has 0 amide bonds. The molecule has 0 radical (unpaired) electrons. The molecule has 0 aliphatic heterocycles. The van der Waals surface area contributed by atoms with Crippen molar-refractivity contribution in [2.24, 2.45) is 0 Å². The van der Waals surface area contributed by atoms with Crippen molar-refractivity contribution in [3.63, 3.8) is 0 Å². The molecule has 0 aliphatic carbocycles. The molecule has 1 atom stereocenters. The van der Waals surface area contributed by atoms with E-state index in [9.17, 15) is 15.2 Å². The molecule has 2 N–H and O–H groups in total. The van der Waals surface area contributed by atoms with Gasteiger partial charge >= 0.3 is 0 Å². The number of halogens is 2. The molecule has 110 valence electrons. The number of nitro benzene ring substituents is 1. The minimum Gasteiger partial charge on any atom is -0.387 e. The van der Waals surface area contributed by atoms with Crippen molar-refractivity contribution >= 4 is 38.9 Å². The monoisotopic (exact) mass is 370 g/mol. The smallest absolute Gasteiger partial charge is 0.269 e. The molecule has 0 spiro atoms. The normalized spacial score (nSPS) is 12.0. The van der Waals surface area contributed by atoms with E-state index in [0.29, 0.717) is 10.6 Å². The number of rotatable bonds is 5. The van der Waals surface area contributed by atoms with E-state index in [-0.39, 0.29) is 12.2 Å². The van der Waals surface area contributed by atoms with Crippen LogP contribution in [0.5, 0.6) is 0 Å². The number of nitrogens with zero attached hydrogens (tertiary/aromatic N) is 1. The maximum absolute atomic E-state index is 10.6. The molecule has 0 saturated heterocycles. The first kappa shape index (κ1) is 15.8. The Labute approximate surface area is 134 Å². The number of benzene rings is 2. The SMILES string of the molecule is O=[N+]([O-])c1ccc(C(O)CNc2ccc(Cl)c(Br)c2)cc1. The molecule has 0 saturated carbocycles. The molecule has 2 aromatic carbocycles. The van der Waals surface area contributed by atoms with E-state index in [1.165, 1.54) is 12.1 Å². The summed E-state index contributed by atoms with van der Waals surface area (Å²) in [5.41, 5.74) is 1.42. The summed E-state index contributed by atoms with van der Waals surface area (Å²) in [6, 6.07) is 11.2. The highest BCUT2D eigenvalue weighted by molar-refractivity contribution is 9.10. The zero-order valence-electron chi connectivity index (χ0n) is 10.8. The highest BCUT2D eigenvalue weighted by atomic mass is 79.9. The average molecular weight is 372 g/mol. The number of anilines is 1. The van der Waals surface area contributed by atoms with Crippen molar-refractivity contribution in [1.29, 1.82) is 0 Å². The zero-order chi connectivity index (χ0) is 15.4. The number of aliphatic hydroxyl groups excluding tert-OH is 1. The molecule has 2 aromatic rings. The van der Waals surface area contributed by atoms with Crippen molar-refractivity contribution in [3.05, 3.63) is 67.6 Å². The van der Waals surface area contributed by atoms with Crippen molar-refractivity contribution in [2.75, 3.05) is 11.9 Å². The third kappa shape index (κ3) is 4.17. The topological polar surface area (TPSA) is 75.4 Å². The first-order valence-electron chi connectivity index (χ1n) is 6.08. The summed E-state index contributed by atoms with van der Waals surface area (Å²) < 4.78 is 0.763. The molecule has 0 aromatic heterocycles. The average Bonchev–Trinajstić information content (AvgIpc) is 2.48. The van der Waals surface area contributed by atoms with Gasteiger partial charge in [0.25, 0.3) is 5.69 Å². The molecular formula is C14H12BrClN2O3. The van der Waals surface area contributed by atoms with Gasteiger partial charge in [-0.2, -0.15) is 0 Å². The van der Waals surface area contributed by atoms with Crippen LogP contribution in [0, 0.1) is 10.1 Å². The molecule has 0 fully saturated rings. The summed E-state index contributed by atoms with van der Waals surface area (Å²) in [6.07, 6.45) is -0.764. The highest BCUT2D eigenvalue weighted by Gasteiger charge is 2.10. The van der Waals surface area contributed by atoms with Crippen LogP contribution in [0.1, 0.15) is 11.7 Å². The quantitative estimate of drug-likeness (QED) is 0.611. The molecule has 7 heteroatoms. The zero-order valence-corrected chi connectivity index (χ0v) is 13.1. The Balaban J connectivity index is 1.99. The Morgan fingerprint density at radius 1 is 1.29 bits per heavy atom. The summed E-state index contributed by atoms with van der Waals surface area (Å²) in [5.74, 6) is 0. The molecule has 0 bridgehead atoms. The minimum atomic E-state index is -0.764. The van der Waals surface area contributed by atoms with Gasteiger partial charge in [0.05, 0.1) is 16.0 Å². The lowest BCUT2D eigenvalue weighted by atomic mass is 10.1. The van der Waals surface area contributed by atoms with E-state index in [4.69, 9.17) is 11.6 Å². The highest BCUT2D eigenvalue weighted by Crippen LogP contribution is 2.26.